The van der Waals surface area contributed by atoms with Crippen molar-refractivity contribution in [2.75, 3.05) is 6.61 Å². The Morgan fingerprint density at radius 1 is 1.08 bits per heavy atom. The summed E-state index contributed by atoms with van der Waals surface area (Å²) in [4.78, 5) is 22.8. The van der Waals surface area contributed by atoms with Gasteiger partial charge >= 0.3 is 151 Å². The van der Waals surface area contributed by atoms with E-state index in [1.165, 1.54) is 0 Å². The van der Waals surface area contributed by atoms with Gasteiger partial charge in [-0.2, -0.15) is 0 Å². The third-order valence-corrected chi connectivity index (χ3v) is 7.04. The van der Waals surface area contributed by atoms with Crippen molar-refractivity contribution in [1.29, 1.82) is 0 Å². The van der Waals surface area contributed by atoms with E-state index in [1.807, 2.05) is 42.5 Å². The predicted octanol–water partition coefficient (Wildman–Crippen LogP) is 2.15. The zero-order valence-electron chi connectivity index (χ0n) is 13.4. The van der Waals surface area contributed by atoms with Crippen molar-refractivity contribution in [1.82, 2.24) is 0 Å². The molecule has 0 aromatic heterocycles. The maximum absolute atomic E-state index is 11.4. The Morgan fingerprint density at radius 2 is 1.76 bits per heavy atom. The Morgan fingerprint density at radius 3 is 2.40 bits per heavy atom. The number of aliphatic carboxylic acids is 1. The Hall–Kier alpha value is -2.14. The van der Waals surface area contributed by atoms with Crippen LogP contribution in [0.2, 0.25) is 5.32 Å². The average Bonchev–Trinajstić information content (AvgIpc) is 3.07. The van der Waals surface area contributed by atoms with Crippen molar-refractivity contribution < 1.29 is 24.5 Å². The molecule has 0 amide bonds. The number of rotatable bonds is 6. The molecule has 1 saturated heterocycles. The molecule has 6 heteroatoms. The van der Waals surface area contributed by atoms with Gasteiger partial charge in [0.1, 0.15) is 0 Å². The summed E-state index contributed by atoms with van der Waals surface area (Å²) < 4.78 is 6.80. The van der Waals surface area contributed by atoms with Crippen LogP contribution in [0.5, 0.6) is 0 Å². The molecule has 5 nitrogen and oxygen atoms in total. The van der Waals surface area contributed by atoms with Gasteiger partial charge in [0.05, 0.1) is 0 Å². The number of hydrogen-bond acceptors (Lipinski definition) is 3. The number of hydrogen-bond donors (Lipinski definition) is 2. The van der Waals surface area contributed by atoms with Gasteiger partial charge in [-0.15, -0.1) is 0 Å². The molecule has 1 aliphatic heterocycles. The van der Waals surface area contributed by atoms with E-state index < -0.39 is 23.5 Å². The molecule has 2 atom stereocenters. The summed E-state index contributed by atoms with van der Waals surface area (Å²) >= 11 is -0.155. The zero-order chi connectivity index (χ0) is 17.9. The van der Waals surface area contributed by atoms with Crippen LogP contribution in [0.15, 0.2) is 54.6 Å². The molecule has 0 radical (unpaired) electrons. The van der Waals surface area contributed by atoms with E-state index in [1.54, 1.807) is 12.1 Å². The standard InChI is InChI=1S/C19H18O5Se/c20-17(21)13-10-19(24-11-13,14-6-2-1-3-7-14)12-25-16-9-5-4-8-15(16)18(22)23/h1-9,13H,10-12H2,(H,20,21)(H,22,23)/t13-,19+/m1/s1. The monoisotopic (exact) mass is 406 g/mol. The molecule has 3 rings (SSSR count). The van der Waals surface area contributed by atoms with Crippen LogP contribution >= 0.6 is 0 Å². The summed E-state index contributed by atoms with van der Waals surface area (Å²) in [7, 11) is 0. The van der Waals surface area contributed by atoms with E-state index in [9.17, 15) is 19.8 Å². The molecule has 25 heavy (non-hydrogen) atoms. The molecule has 1 heterocycles. The molecule has 130 valence electrons. The third kappa shape index (κ3) is 3.76. The Labute approximate surface area is 151 Å². The van der Waals surface area contributed by atoms with E-state index in [4.69, 9.17) is 4.74 Å². The Balaban J connectivity index is 1.88. The zero-order valence-corrected chi connectivity index (χ0v) is 15.1. The Kier molecular flexibility index (Phi) is 5.23. The summed E-state index contributed by atoms with van der Waals surface area (Å²) in [5.74, 6) is -2.33. The molecule has 2 N–H and O–H groups in total. The molecule has 2 aromatic rings. The van der Waals surface area contributed by atoms with Crippen LogP contribution in [0.1, 0.15) is 22.3 Å². The first-order valence-corrected chi connectivity index (χ1v) is 9.96. The van der Waals surface area contributed by atoms with Crippen molar-refractivity contribution in [2.24, 2.45) is 5.92 Å². The molecule has 2 aromatic carbocycles. The summed E-state index contributed by atoms with van der Waals surface area (Å²) in [6, 6.07) is 16.6. The molecule has 1 fully saturated rings. The molecule has 0 bridgehead atoms. The van der Waals surface area contributed by atoms with Crippen LogP contribution < -0.4 is 4.46 Å². The van der Waals surface area contributed by atoms with E-state index in [0.717, 1.165) is 10.0 Å². The molecule has 0 unspecified atom stereocenters. The predicted molar refractivity (Wildman–Crippen MR) is 93.4 cm³/mol. The van der Waals surface area contributed by atoms with Gasteiger partial charge in [0, 0.05) is 0 Å². The minimum atomic E-state index is -0.943. The maximum atomic E-state index is 11.4. The van der Waals surface area contributed by atoms with Gasteiger partial charge in [-0.1, -0.05) is 0 Å². The second-order valence-electron chi connectivity index (χ2n) is 6.00. The number of benzene rings is 2. The topological polar surface area (TPSA) is 83.8 Å². The van der Waals surface area contributed by atoms with E-state index >= 15 is 0 Å². The fourth-order valence-electron chi connectivity index (χ4n) is 3.03. The van der Waals surface area contributed by atoms with Gasteiger partial charge in [0.15, 0.2) is 0 Å². The molecular weight excluding hydrogens is 387 g/mol. The van der Waals surface area contributed by atoms with Crippen LogP contribution in [0.25, 0.3) is 0 Å². The summed E-state index contributed by atoms with van der Waals surface area (Å²) in [5, 5.41) is 19.3. The fraction of sp³-hybridized carbons (Fsp3) is 0.263. The van der Waals surface area contributed by atoms with Gasteiger partial charge in [0.25, 0.3) is 0 Å². The fourth-order valence-corrected chi connectivity index (χ4v) is 5.63. The molecule has 0 spiro atoms. The normalized spacial score (nSPS) is 22.6. The number of aromatic carboxylic acids is 1. The first kappa shape index (κ1) is 17.7. The van der Waals surface area contributed by atoms with E-state index in [0.29, 0.717) is 17.3 Å². The SMILES string of the molecule is O=C(O)c1ccccc1[Se]C[C@]1(c2ccccc2)C[C@@H](C(=O)O)CO1. The second-order valence-corrected chi connectivity index (χ2v) is 8.13. The van der Waals surface area contributed by atoms with Gasteiger partial charge < -0.3 is 0 Å². The van der Waals surface area contributed by atoms with Gasteiger partial charge in [-0.05, 0) is 0 Å². The van der Waals surface area contributed by atoms with Crippen molar-refractivity contribution in [2.45, 2.75) is 17.3 Å². The first-order valence-electron chi connectivity index (χ1n) is 7.89. The van der Waals surface area contributed by atoms with E-state index in [2.05, 4.69) is 0 Å². The number of carbonyl (C=O) groups is 2. The third-order valence-electron chi connectivity index (χ3n) is 4.36. The van der Waals surface area contributed by atoms with Crippen molar-refractivity contribution in [3.63, 3.8) is 0 Å². The summed E-state index contributed by atoms with van der Waals surface area (Å²) in [6.07, 6.45) is 0.406. The molecule has 0 aliphatic carbocycles. The second kappa shape index (κ2) is 7.40. The first-order chi connectivity index (χ1) is 12.0. The average molecular weight is 405 g/mol. The molecule has 1 aliphatic rings. The number of ether oxygens (including phenoxy) is 1. The van der Waals surface area contributed by atoms with Crippen LogP contribution in [0.3, 0.4) is 0 Å². The van der Waals surface area contributed by atoms with Crippen LogP contribution in [-0.4, -0.2) is 43.7 Å². The summed E-state index contributed by atoms with van der Waals surface area (Å²) in [6.45, 7) is 0.181. The van der Waals surface area contributed by atoms with Crippen LogP contribution in [-0.2, 0) is 15.1 Å². The minimum absolute atomic E-state index is 0.155. The quantitative estimate of drug-likeness (QED) is 0.720. The molecule has 0 saturated carbocycles. The van der Waals surface area contributed by atoms with Crippen LogP contribution in [0.4, 0.5) is 0 Å². The summed E-state index contributed by atoms with van der Waals surface area (Å²) in [5.41, 5.74) is 0.586. The molecular formula is C19H18O5Se. The van der Waals surface area contributed by atoms with E-state index in [-0.39, 0.29) is 21.6 Å². The van der Waals surface area contributed by atoms with Gasteiger partial charge in [-0.3, -0.25) is 0 Å². The van der Waals surface area contributed by atoms with Crippen molar-refractivity contribution in [3.05, 3.63) is 65.7 Å². The Bertz CT molecular complexity index is 776. The van der Waals surface area contributed by atoms with Crippen molar-refractivity contribution in [3.8, 4) is 0 Å². The van der Waals surface area contributed by atoms with Gasteiger partial charge in [0.2, 0.25) is 0 Å². The number of carboxylic acid groups (broad SMARTS) is 2. The van der Waals surface area contributed by atoms with Gasteiger partial charge in [-0.25, -0.2) is 0 Å². The number of carboxylic acids is 2. The van der Waals surface area contributed by atoms with Crippen molar-refractivity contribution >= 4 is 31.4 Å². The van der Waals surface area contributed by atoms with Crippen LogP contribution in [0, 0.1) is 5.92 Å².